The van der Waals surface area contributed by atoms with Gasteiger partial charge in [0.2, 0.25) is 0 Å². The Bertz CT molecular complexity index is 1540. The molecule has 2 aliphatic rings. The smallest absolute Gasteiger partial charge is 0.323 e. The van der Waals surface area contributed by atoms with E-state index in [9.17, 15) is 9.59 Å². The topological polar surface area (TPSA) is 119 Å². The number of carbonyl (C=O) groups excluding carboxylic acids is 2. The highest BCUT2D eigenvalue weighted by Crippen LogP contribution is 2.28. The largest absolute Gasteiger partial charge is 0.378 e. The molecule has 4 heterocycles. The number of hydrogen-bond donors (Lipinski definition) is 3. The highest BCUT2D eigenvalue weighted by molar-refractivity contribution is 6.00. The van der Waals surface area contributed by atoms with Gasteiger partial charge in [-0.1, -0.05) is 0 Å². The number of likely N-dealkylation sites (tertiary alicyclic amines) is 1. The summed E-state index contributed by atoms with van der Waals surface area (Å²) in [6, 6.07) is 16.6. The summed E-state index contributed by atoms with van der Waals surface area (Å²) in [5.41, 5.74) is 4.49. The maximum Gasteiger partial charge on any atom is 0.323 e. The number of hydrogen-bond acceptors (Lipinski definition) is 7. The Hall–Kier alpha value is -4.48. The van der Waals surface area contributed by atoms with Gasteiger partial charge in [0.05, 0.1) is 18.7 Å². The number of ether oxygens (including phenoxy) is 1. The Morgan fingerprint density at radius 1 is 0.881 bits per heavy atom. The van der Waals surface area contributed by atoms with E-state index in [4.69, 9.17) is 14.7 Å². The molecule has 6 rings (SSSR count). The van der Waals surface area contributed by atoms with Crippen molar-refractivity contribution in [2.45, 2.75) is 18.9 Å². The Morgan fingerprint density at radius 2 is 1.52 bits per heavy atom. The van der Waals surface area contributed by atoms with Crippen LogP contribution in [-0.4, -0.2) is 96.2 Å². The summed E-state index contributed by atoms with van der Waals surface area (Å²) in [4.78, 5) is 44.8. The normalized spacial score (nSPS) is 16.2. The summed E-state index contributed by atoms with van der Waals surface area (Å²) in [5, 5.41) is 5.70. The van der Waals surface area contributed by atoms with Gasteiger partial charge in [-0.15, -0.1) is 0 Å². The molecule has 11 nitrogen and oxygen atoms in total. The minimum Gasteiger partial charge on any atom is -0.378 e. The number of nitrogens with one attached hydrogen (secondary N) is 3. The zero-order valence-electron chi connectivity index (χ0n) is 24.0. The zero-order valence-corrected chi connectivity index (χ0v) is 24.0. The van der Waals surface area contributed by atoms with Gasteiger partial charge in [0.1, 0.15) is 5.52 Å². The second-order valence-corrected chi connectivity index (χ2v) is 10.9. The van der Waals surface area contributed by atoms with Crippen molar-refractivity contribution < 1.29 is 14.3 Å². The van der Waals surface area contributed by atoms with E-state index in [0.717, 1.165) is 61.4 Å². The number of rotatable bonds is 6. The number of morpholine rings is 1. The molecule has 11 heteroatoms. The van der Waals surface area contributed by atoms with E-state index in [-0.39, 0.29) is 11.9 Å². The fourth-order valence-electron chi connectivity index (χ4n) is 5.52. The Balaban J connectivity index is 1.06. The number of carbonyl (C=O) groups is 2. The van der Waals surface area contributed by atoms with Gasteiger partial charge in [0, 0.05) is 60.9 Å². The predicted octanol–water partition coefficient (Wildman–Crippen LogP) is 4.27. The van der Waals surface area contributed by atoms with Gasteiger partial charge in [-0.25, -0.2) is 14.8 Å². The molecule has 0 unspecified atom stereocenters. The van der Waals surface area contributed by atoms with E-state index in [1.165, 1.54) is 0 Å². The van der Waals surface area contributed by atoms with Crippen molar-refractivity contribution in [2.24, 2.45) is 0 Å². The molecule has 3 N–H and O–H groups in total. The molecule has 2 aliphatic heterocycles. The lowest BCUT2D eigenvalue weighted by molar-refractivity contribution is 0.0663. The standard InChI is InChI=1S/C31H36N8O3/c1-37(2)25-12-15-39(16-13-25)30(40)22-5-9-24(10-6-22)34-31(41)33-23-7-3-21(4-8-23)28-35-26-11-14-32-27(26)29(36-28)38-17-19-42-20-18-38/h3-11,14,25,32H,12-13,15-20H2,1-2H3,(H2,33,34,41). The van der Waals surface area contributed by atoms with Gasteiger partial charge < -0.3 is 35.1 Å². The minimum absolute atomic E-state index is 0.0278. The molecule has 2 aromatic heterocycles. The number of urea groups is 1. The first-order chi connectivity index (χ1) is 20.4. The fourth-order valence-corrected chi connectivity index (χ4v) is 5.52. The van der Waals surface area contributed by atoms with Gasteiger partial charge in [0.25, 0.3) is 5.91 Å². The lowest BCUT2D eigenvalue weighted by Gasteiger charge is -2.35. The third-order valence-electron chi connectivity index (χ3n) is 7.97. The fraction of sp³-hybridized carbons (Fsp3) is 0.355. The molecule has 218 valence electrons. The van der Waals surface area contributed by atoms with Crippen molar-refractivity contribution in [3.8, 4) is 11.4 Å². The van der Waals surface area contributed by atoms with Crippen LogP contribution < -0.4 is 15.5 Å². The third-order valence-corrected chi connectivity index (χ3v) is 7.97. The molecule has 2 fully saturated rings. The predicted molar refractivity (Wildman–Crippen MR) is 164 cm³/mol. The summed E-state index contributed by atoms with van der Waals surface area (Å²) >= 11 is 0. The summed E-state index contributed by atoms with van der Waals surface area (Å²) in [6.45, 7) is 4.40. The van der Waals surface area contributed by atoms with Crippen LogP contribution in [0, 0.1) is 0 Å². The SMILES string of the molecule is CN(C)C1CCN(C(=O)c2ccc(NC(=O)Nc3ccc(-c4nc(N5CCOCC5)c5[nH]ccc5n4)cc3)cc2)CC1. The summed E-state index contributed by atoms with van der Waals surface area (Å²) < 4.78 is 5.51. The van der Waals surface area contributed by atoms with Crippen LogP contribution in [0.1, 0.15) is 23.2 Å². The number of aromatic nitrogens is 3. The molecule has 0 saturated carbocycles. The number of anilines is 3. The summed E-state index contributed by atoms with van der Waals surface area (Å²) in [5.74, 6) is 1.52. The molecular weight excluding hydrogens is 532 g/mol. The number of aromatic amines is 1. The van der Waals surface area contributed by atoms with Gasteiger partial charge in [-0.3, -0.25) is 4.79 Å². The molecule has 4 aromatic rings. The Kier molecular flexibility index (Phi) is 8.02. The van der Waals surface area contributed by atoms with Crippen molar-refractivity contribution in [2.75, 3.05) is 69.0 Å². The van der Waals surface area contributed by atoms with E-state index in [1.54, 1.807) is 24.3 Å². The summed E-state index contributed by atoms with van der Waals surface area (Å²) in [6.07, 6.45) is 3.83. The van der Waals surface area contributed by atoms with Gasteiger partial charge >= 0.3 is 6.03 Å². The molecule has 0 spiro atoms. The maximum absolute atomic E-state index is 12.9. The quantitative estimate of drug-likeness (QED) is 0.318. The molecule has 0 bridgehead atoms. The van der Waals surface area contributed by atoms with Crippen LogP contribution in [0.4, 0.5) is 22.0 Å². The highest BCUT2D eigenvalue weighted by atomic mass is 16.5. The average Bonchev–Trinajstić information content (AvgIpc) is 3.50. The van der Waals surface area contributed by atoms with E-state index < -0.39 is 0 Å². The Labute approximate surface area is 244 Å². The van der Waals surface area contributed by atoms with Crippen LogP contribution in [0.15, 0.2) is 60.8 Å². The monoisotopic (exact) mass is 568 g/mol. The number of benzene rings is 2. The molecule has 2 aromatic carbocycles. The first-order valence-electron chi connectivity index (χ1n) is 14.4. The number of fused-ring (bicyclic) bond motifs is 1. The molecule has 0 radical (unpaired) electrons. The third kappa shape index (κ3) is 6.07. The highest BCUT2D eigenvalue weighted by Gasteiger charge is 2.24. The second kappa shape index (κ2) is 12.2. The van der Waals surface area contributed by atoms with Crippen LogP contribution >= 0.6 is 0 Å². The van der Waals surface area contributed by atoms with Crippen molar-refractivity contribution in [1.29, 1.82) is 0 Å². The number of piperidine rings is 1. The summed E-state index contributed by atoms with van der Waals surface area (Å²) in [7, 11) is 4.17. The Morgan fingerprint density at radius 3 is 2.17 bits per heavy atom. The van der Waals surface area contributed by atoms with Crippen molar-refractivity contribution in [3.63, 3.8) is 0 Å². The van der Waals surface area contributed by atoms with Crippen LogP contribution in [-0.2, 0) is 4.74 Å². The van der Waals surface area contributed by atoms with E-state index >= 15 is 0 Å². The molecule has 3 amide bonds. The zero-order chi connectivity index (χ0) is 29.1. The minimum atomic E-state index is -0.368. The molecule has 0 atom stereocenters. The lowest BCUT2D eigenvalue weighted by atomic mass is 10.0. The second-order valence-electron chi connectivity index (χ2n) is 10.9. The van der Waals surface area contributed by atoms with Crippen LogP contribution in [0.3, 0.4) is 0 Å². The van der Waals surface area contributed by atoms with E-state index in [1.807, 2.05) is 41.4 Å². The maximum atomic E-state index is 12.9. The van der Waals surface area contributed by atoms with Crippen molar-refractivity contribution in [1.82, 2.24) is 24.8 Å². The van der Waals surface area contributed by atoms with E-state index in [0.29, 0.717) is 42.0 Å². The number of amides is 3. The van der Waals surface area contributed by atoms with Gasteiger partial charge in [-0.2, -0.15) is 0 Å². The van der Waals surface area contributed by atoms with Crippen LogP contribution in [0.25, 0.3) is 22.4 Å². The molecule has 0 aliphatic carbocycles. The van der Waals surface area contributed by atoms with Crippen molar-refractivity contribution in [3.05, 3.63) is 66.4 Å². The first-order valence-corrected chi connectivity index (χ1v) is 14.4. The van der Waals surface area contributed by atoms with Gasteiger partial charge in [-0.05, 0) is 81.5 Å². The first kappa shape index (κ1) is 27.7. The lowest BCUT2D eigenvalue weighted by Crippen LogP contribution is -2.44. The average molecular weight is 569 g/mol. The van der Waals surface area contributed by atoms with Gasteiger partial charge in [0.15, 0.2) is 11.6 Å². The number of H-pyrrole nitrogens is 1. The van der Waals surface area contributed by atoms with Crippen molar-refractivity contribution >= 4 is 40.2 Å². The van der Waals surface area contributed by atoms with Crippen LogP contribution in [0.5, 0.6) is 0 Å². The molecule has 42 heavy (non-hydrogen) atoms. The van der Waals surface area contributed by atoms with Crippen LogP contribution in [0.2, 0.25) is 0 Å². The molecule has 2 saturated heterocycles. The van der Waals surface area contributed by atoms with E-state index in [2.05, 4.69) is 39.5 Å². The number of nitrogens with zero attached hydrogens (tertiary/aromatic N) is 5. The molecular formula is C31H36N8O3.